The van der Waals surface area contributed by atoms with Crippen molar-refractivity contribution in [2.75, 3.05) is 20.3 Å². The summed E-state index contributed by atoms with van der Waals surface area (Å²) < 4.78 is 10.3. The molecule has 0 aliphatic heterocycles. The van der Waals surface area contributed by atoms with Crippen molar-refractivity contribution in [2.45, 2.75) is 13.0 Å². The fourth-order valence-electron chi connectivity index (χ4n) is 1.14. The van der Waals surface area contributed by atoms with Gasteiger partial charge in [-0.3, -0.25) is 0 Å². The zero-order chi connectivity index (χ0) is 10.9. The van der Waals surface area contributed by atoms with Crippen LogP contribution < -0.4 is 0 Å². The summed E-state index contributed by atoms with van der Waals surface area (Å²) in [5.74, 6) is 0. The van der Waals surface area contributed by atoms with Crippen molar-refractivity contribution >= 4 is 0 Å². The summed E-state index contributed by atoms with van der Waals surface area (Å²) >= 11 is 0. The maximum absolute atomic E-state index is 8.77. The fourth-order valence-corrected chi connectivity index (χ4v) is 1.14. The van der Waals surface area contributed by atoms with Gasteiger partial charge in [-0.05, 0) is 12.5 Å². The molecule has 0 aromatic carbocycles. The Labute approximate surface area is 89.5 Å². The van der Waals surface area contributed by atoms with Crippen LogP contribution in [0, 0.1) is 11.3 Å². The minimum absolute atomic E-state index is 0.431. The van der Waals surface area contributed by atoms with Gasteiger partial charge in [0.25, 0.3) is 0 Å². The van der Waals surface area contributed by atoms with Crippen molar-refractivity contribution in [3.63, 3.8) is 0 Å². The first-order valence-corrected chi connectivity index (χ1v) is 4.79. The van der Waals surface area contributed by atoms with E-state index in [-0.39, 0.29) is 0 Å². The van der Waals surface area contributed by atoms with Crippen LogP contribution in [-0.4, -0.2) is 25.3 Å². The molecule has 4 nitrogen and oxygen atoms in total. The lowest BCUT2D eigenvalue weighted by molar-refractivity contribution is 0.0926. The number of ether oxygens (including phenoxy) is 2. The first-order chi connectivity index (χ1) is 7.38. The van der Waals surface area contributed by atoms with Crippen LogP contribution in [0.2, 0.25) is 0 Å². The second kappa shape index (κ2) is 6.93. The molecule has 0 saturated carbocycles. The van der Waals surface area contributed by atoms with Crippen molar-refractivity contribution in [2.24, 2.45) is 0 Å². The van der Waals surface area contributed by atoms with E-state index in [2.05, 4.69) is 4.98 Å². The predicted octanol–water partition coefficient (Wildman–Crippen LogP) is 1.51. The Bertz CT molecular complexity index is 334. The number of nitriles is 1. The van der Waals surface area contributed by atoms with Crippen LogP contribution in [0.3, 0.4) is 0 Å². The van der Waals surface area contributed by atoms with E-state index in [1.807, 2.05) is 12.1 Å². The highest BCUT2D eigenvalue weighted by molar-refractivity contribution is 5.29. The molecule has 15 heavy (non-hydrogen) atoms. The molecule has 0 spiro atoms. The summed E-state index contributed by atoms with van der Waals surface area (Å²) in [6.07, 6.45) is 2.46. The molecular weight excluding hydrogens is 192 g/mol. The third kappa shape index (κ3) is 4.07. The number of rotatable bonds is 6. The first kappa shape index (κ1) is 11.6. The summed E-state index contributed by atoms with van der Waals surface area (Å²) in [6, 6.07) is 5.68. The van der Waals surface area contributed by atoms with Gasteiger partial charge >= 0.3 is 0 Å². The lowest BCUT2D eigenvalue weighted by atomic mass is 10.2. The summed E-state index contributed by atoms with van der Waals surface area (Å²) in [5, 5.41) is 8.77. The Kier molecular flexibility index (Phi) is 5.38. The number of nitrogens with zero attached hydrogens (tertiary/aromatic N) is 2. The van der Waals surface area contributed by atoms with Crippen LogP contribution in [0.1, 0.15) is 17.7 Å². The van der Waals surface area contributed by atoms with Gasteiger partial charge in [0.15, 0.2) is 0 Å². The summed E-state index contributed by atoms with van der Waals surface area (Å²) in [6.45, 7) is 1.76. The molecule has 0 saturated heterocycles. The molecule has 0 atom stereocenters. The summed E-state index contributed by atoms with van der Waals surface area (Å²) in [7, 11) is 1.66. The summed E-state index contributed by atoms with van der Waals surface area (Å²) in [5.41, 5.74) is 1.27. The third-order valence-corrected chi connectivity index (χ3v) is 1.89. The maximum Gasteiger partial charge on any atom is 0.145 e. The van der Waals surface area contributed by atoms with Gasteiger partial charge in [0.05, 0.1) is 6.61 Å². The molecule has 0 radical (unpaired) electrons. The van der Waals surface area contributed by atoms with Crippen molar-refractivity contribution < 1.29 is 9.47 Å². The van der Waals surface area contributed by atoms with Crippen molar-refractivity contribution in [3.8, 4) is 6.07 Å². The maximum atomic E-state index is 8.77. The second-order valence-corrected chi connectivity index (χ2v) is 3.02. The van der Waals surface area contributed by atoms with Crippen molar-refractivity contribution in [3.05, 3.63) is 29.6 Å². The Hall–Kier alpha value is -1.44. The molecule has 1 aromatic rings. The van der Waals surface area contributed by atoms with E-state index in [1.54, 1.807) is 19.4 Å². The van der Waals surface area contributed by atoms with E-state index in [0.29, 0.717) is 25.5 Å². The Morgan fingerprint density at radius 3 is 3.07 bits per heavy atom. The zero-order valence-electron chi connectivity index (χ0n) is 8.77. The molecule has 1 rings (SSSR count). The van der Waals surface area contributed by atoms with Crippen LogP contribution in [0.4, 0.5) is 0 Å². The molecule has 4 heteroatoms. The standard InChI is InChI=1S/C11H14N2O2/c1-14-6-3-7-15-9-10-4-2-5-13-11(10)8-12/h2,4-5H,3,6-7,9H2,1H3. The number of methoxy groups -OCH3 is 1. The van der Waals surface area contributed by atoms with E-state index in [1.165, 1.54) is 0 Å². The van der Waals surface area contributed by atoms with Crippen LogP contribution in [-0.2, 0) is 16.1 Å². The van der Waals surface area contributed by atoms with E-state index in [0.717, 1.165) is 12.0 Å². The molecule has 80 valence electrons. The minimum Gasteiger partial charge on any atom is -0.385 e. The monoisotopic (exact) mass is 206 g/mol. The molecule has 0 bridgehead atoms. The minimum atomic E-state index is 0.431. The second-order valence-electron chi connectivity index (χ2n) is 3.02. The van der Waals surface area contributed by atoms with E-state index in [9.17, 15) is 0 Å². The number of pyridine rings is 1. The number of hydrogen-bond acceptors (Lipinski definition) is 4. The van der Waals surface area contributed by atoms with E-state index in [4.69, 9.17) is 14.7 Å². The molecule has 1 heterocycles. The smallest absolute Gasteiger partial charge is 0.145 e. The van der Waals surface area contributed by atoms with Gasteiger partial charge in [0, 0.05) is 32.1 Å². The Morgan fingerprint density at radius 2 is 2.33 bits per heavy atom. The van der Waals surface area contributed by atoms with Crippen LogP contribution >= 0.6 is 0 Å². The predicted molar refractivity (Wildman–Crippen MR) is 55.1 cm³/mol. The first-order valence-electron chi connectivity index (χ1n) is 4.79. The molecule has 0 aliphatic rings. The quantitative estimate of drug-likeness (QED) is 0.662. The van der Waals surface area contributed by atoms with Crippen molar-refractivity contribution in [1.82, 2.24) is 4.98 Å². The lowest BCUT2D eigenvalue weighted by Crippen LogP contribution is -2.01. The highest BCUT2D eigenvalue weighted by Gasteiger charge is 2.01. The highest BCUT2D eigenvalue weighted by atomic mass is 16.5. The van der Waals surface area contributed by atoms with Crippen LogP contribution in [0.15, 0.2) is 18.3 Å². The molecule has 1 aromatic heterocycles. The normalized spacial score (nSPS) is 9.87. The molecular formula is C11H14N2O2. The van der Waals surface area contributed by atoms with Crippen molar-refractivity contribution in [1.29, 1.82) is 5.26 Å². The SMILES string of the molecule is COCCCOCc1cccnc1C#N. The van der Waals surface area contributed by atoms with Gasteiger partial charge in [-0.25, -0.2) is 4.98 Å². The van der Waals surface area contributed by atoms with Gasteiger partial charge in [-0.1, -0.05) is 6.07 Å². The van der Waals surface area contributed by atoms with Gasteiger partial charge in [0.2, 0.25) is 0 Å². The average Bonchev–Trinajstić information content (AvgIpc) is 2.29. The molecule has 0 fully saturated rings. The lowest BCUT2D eigenvalue weighted by Gasteiger charge is -2.04. The number of aromatic nitrogens is 1. The highest BCUT2D eigenvalue weighted by Crippen LogP contribution is 2.05. The molecule has 0 aliphatic carbocycles. The van der Waals surface area contributed by atoms with Crippen LogP contribution in [0.25, 0.3) is 0 Å². The summed E-state index contributed by atoms with van der Waals surface area (Å²) in [4.78, 5) is 3.95. The number of hydrogen-bond donors (Lipinski definition) is 0. The van der Waals surface area contributed by atoms with Gasteiger partial charge in [-0.15, -0.1) is 0 Å². The average molecular weight is 206 g/mol. The van der Waals surface area contributed by atoms with Gasteiger partial charge in [0.1, 0.15) is 11.8 Å². The van der Waals surface area contributed by atoms with E-state index >= 15 is 0 Å². The molecule has 0 amide bonds. The zero-order valence-corrected chi connectivity index (χ0v) is 8.77. The topological polar surface area (TPSA) is 55.1 Å². The third-order valence-electron chi connectivity index (χ3n) is 1.89. The Balaban J connectivity index is 2.34. The van der Waals surface area contributed by atoms with E-state index < -0.39 is 0 Å². The van der Waals surface area contributed by atoms with Gasteiger partial charge in [-0.2, -0.15) is 5.26 Å². The molecule has 0 unspecified atom stereocenters. The fraction of sp³-hybridized carbons (Fsp3) is 0.455. The van der Waals surface area contributed by atoms with Crippen LogP contribution in [0.5, 0.6) is 0 Å². The molecule has 0 N–H and O–H groups in total. The largest absolute Gasteiger partial charge is 0.385 e. The Morgan fingerprint density at radius 1 is 1.47 bits per heavy atom. The van der Waals surface area contributed by atoms with Gasteiger partial charge < -0.3 is 9.47 Å².